The summed E-state index contributed by atoms with van der Waals surface area (Å²) in [5, 5.41) is 2.67. The lowest BCUT2D eigenvalue weighted by Crippen LogP contribution is -2.36. The van der Waals surface area contributed by atoms with Gasteiger partial charge in [0.1, 0.15) is 6.04 Å². The van der Waals surface area contributed by atoms with Gasteiger partial charge >= 0.3 is 6.03 Å². The smallest absolute Gasteiger partial charge is 0.324 e. The lowest BCUT2D eigenvalue weighted by Gasteiger charge is -2.11. The second-order valence-electron chi connectivity index (χ2n) is 3.97. The second kappa shape index (κ2) is 4.97. The van der Waals surface area contributed by atoms with Crippen LogP contribution in [-0.2, 0) is 11.2 Å². The summed E-state index contributed by atoms with van der Waals surface area (Å²) in [4.78, 5) is 24.6. The Balaban J connectivity index is 2.04. The predicted molar refractivity (Wildman–Crippen MR) is 63.2 cm³/mol. The van der Waals surface area contributed by atoms with Crippen molar-refractivity contribution in [3.8, 4) is 0 Å². The van der Waals surface area contributed by atoms with E-state index in [1.165, 1.54) is 4.90 Å². The molecular weight excluding hydrogens is 218 g/mol. The fourth-order valence-electron chi connectivity index (χ4n) is 1.91. The van der Waals surface area contributed by atoms with Crippen molar-refractivity contribution in [2.24, 2.45) is 5.73 Å². The number of nitrogens with zero attached hydrogens (tertiary/aromatic N) is 1. The quantitative estimate of drug-likeness (QED) is 0.725. The van der Waals surface area contributed by atoms with Crippen molar-refractivity contribution in [3.63, 3.8) is 0 Å². The molecule has 3 N–H and O–H groups in total. The van der Waals surface area contributed by atoms with Crippen LogP contribution >= 0.6 is 0 Å². The maximum atomic E-state index is 11.9. The van der Waals surface area contributed by atoms with Crippen LogP contribution in [0.4, 0.5) is 4.79 Å². The first-order chi connectivity index (χ1) is 8.22. The fourth-order valence-corrected chi connectivity index (χ4v) is 1.91. The summed E-state index contributed by atoms with van der Waals surface area (Å²) in [7, 11) is 0. The number of urea groups is 1. The number of nitrogens with one attached hydrogen (secondary N) is 1. The Morgan fingerprint density at radius 3 is 2.59 bits per heavy atom. The van der Waals surface area contributed by atoms with E-state index in [-0.39, 0.29) is 25.0 Å². The van der Waals surface area contributed by atoms with E-state index in [0.29, 0.717) is 6.42 Å². The molecule has 1 aromatic rings. The van der Waals surface area contributed by atoms with Crippen LogP contribution < -0.4 is 11.1 Å². The van der Waals surface area contributed by atoms with Gasteiger partial charge in [0, 0.05) is 19.5 Å². The number of amides is 3. The van der Waals surface area contributed by atoms with Gasteiger partial charge < -0.3 is 11.1 Å². The van der Waals surface area contributed by atoms with E-state index in [9.17, 15) is 9.59 Å². The molecule has 0 radical (unpaired) electrons. The molecule has 0 spiro atoms. The van der Waals surface area contributed by atoms with Gasteiger partial charge in [-0.25, -0.2) is 4.79 Å². The van der Waals surface area contributed by atoms with Crippen LogP contribution in [0.15, 0.2) is 30.3 Å². The molecule has 1 aromatic carbocycles. The minimum atomic E-state index is -0.462. The van der Waals surface area contributed by atoms with Crippen LogP contribution in [0.2, 0.25) is 0 Å². The normalized spacial score (nSPS) is 19.6. The van der Waals surface area contributed by atoms with Gasteiger partial charge in [0.2, 0.25) is 0 Å². The Morgan fingerprint density at radius 2 is 1.94 bits per heavy atom. The van der Waals surface area contributed by atoms with E-state index in [0.717, 1.165) is 5.56 Å². The Hall–Kier alpha value is -1.88. The highest BCUT2D eigenvalue weighted by atomic mass is 16.2. The number of rotatable bonds is 4. The molecule has 5 heteroatoms. The SMILES string of the molecule is NCCN1C(=O)NC(Cc2ccccc2)C1=O. The molecule has 90 valence electrons. The van der Waals surface area contributed by atoms with Crippen molar-refractivity contribution < 1.29 is 9.59 Å². The van der Waals surface area contributed by atoms with Crippen molar-refractivity contribution in [1.82, 2.24) is 10.2 Å². The third-order valence-electron chi connectivity index (χ3n) is 2.74. The van der Waals surface area contributed by atoms with E-state index in [1.54, 1.807) is 0 Å². The molecule has 1 heterocycles. The average molecular weight is 233 g/mol. The molecule has 1 atom stereocenters. The molecule has 1 unspecified atom stereocenters. The summed E-state index contributed by atoms with van der Waals surface area (Å²) < 4.78 is 0. The highest BCUT2D eigenvalue weighted by molar-refractivity contribution is 6.04. The van der Waals surface area contributed by atoms with E-state index >= 15 is 0 Å². The molecule has 3 amide bonds. The monoisotopic (exact) mass is 233 g/mol. The topological polar surface area (TPSA) is 75.4 Å². The van der Waals surface area contributed by atoms with Gasteiger partial charge in [-0.3, -0.25) is 9.69 Å². The van der Waals surface area contributed by atoms with Gasteiger partial charge in [-0.15, -0.1) is 0 Å². The number of carbonyl (C=O) groups excluding carboxylic acids is 2. The van der Waals surface area contributed by atoms with Crippen LogP contribution in [0.3, 0.4) is 0 Å². The Kier molecular flexibility index (Phi) is 3.39. The largest absolute Gasteiger partial charge is 0.329 e. The summed E-state index contributed by atoms with van der Waals surface area (Å²) in [6, 6.07) is 8.80. The Bertz CT molecular complexity index is 419. The number of hydrogen-bond acceptors (Lipinski definition) is 3. The lowest BCUT2D eigenvalue weighted by atomic mass is 10.1. The van der Waals surface area contributed by atoms with Gasteiger partial charge in [0.05, 0.1) is 0 Å². The molecule has 0 bridgehead atoms. The zero-order valence-electron chi connectivity index (χ0n) is 9.43. The fraction of sp³-hybridized carbons (Fsp3) is 0.333. The number of imide groups is 1. The minimum Gasteiger partial charge on any atom is -0.329 e. The van der Waals surface area contributed by atoms with E-state index < -0.39 is 6.04 Å². The van der Waals surface area contributed by atoms with Gasteiger partial charge in [-0.05, 0) is 5.56 Å². The molecule has 0 aromatic heterocycles. The van der Waals surface area contributed by atoms with Crippen molar-refractivity contribution in [2.75, 3.05) is 13.1 Å². The van der Waals surface area contributed by atoms with Crippen LogP contribution in [0.5, 0.6) is 0 Å². The molecule has 17 heavy (non-hydrogen) atoms. The molecule has 2 rings (SSSR count). The third kappa shape index (κ3) is 2.45. The summed E-state index contributed by atoms with van der Waals surface area (Å²) in [6.45, 7) is 0.563. The van der Waals surface area contributed by atoms with Crippen molar-refractivity contribution in [3.05, 3.63) is 35.9 Å². The van der Waals surface area contributed by atoms with Gasteiger partial charge in [0.25, 0.3) is 5.91 Å². The third-order valence-corrected chi connectivity index (χ3v) is 2.74. The minimum absolute atomic E-state index is 0.190. The van der Waals surface area contributed by atoms with Gasteiger partial charge in [0.15, 0.2) is 0 Å². The molecule has 1 aliphatic heterocycles. The highest BCUT2D eigenvalue weighted by Gasteiger charge is 2.37. The zero-order chi connectivity index (χ0) is 12.3. The van der Waals surface area contributed by atoms with Crippen molar-refractivity contribution in [2.45, 2.75) is 12.5 Å². The van der Waals surface area contributed by atoms with Gasteiger partial charge in [-0.1, -0.05) is 30.3 Å². The second-order valence-corrected chi connectivity index (χ2v) is 3.97. The van der Waals surface area contributed by atoms with Crippen LogP contribution in [0, 0.1) is 0 Å². The Labute approximate surface area is 99.6 Å². The number of nitrogens with two attached hydrogens (primary N) is 1. The van der Waals surface area contributed by atoms with Gasteiger partial charge in [-0.2, -0.15) is 0 Å². The number of hydrogen-bond donors (Lipinski definition) is 2. The predicted octanol–water partition coefficient (Wildman–Crippen LogP) is 0.108. The zero-order valence-corrected chi connectivity index (χ0v) is 9.43. The first-order valence-corrected chi connectivity index (χ1v) is 5.58. The molecule has 0 aliphatic carbocycles. The molecule has 1 fully saturated rings. The van der Waals surface area contributed by atoms with E-state index in [1.807, 2.05) is 30.3 Å². The molecule has 5 nitrogen and oxygen atoms in total. The molecule has 1 saturated heterocycles. The lowest BCUT2D eigenvalue weighted by molar-refractivity contribution is -0.127. The molecular formula is C12H15N3O2. The highest BCUT2D eigenvalue weighted by Crippen LogP contribution is 2.11. The maximum Gasteiger partial charge on any atom is 0.324 e. The molecule has 0 saturated carbocycles. The van der Waals surface area contributed by atoms with E-state index in [4.69, 9.17) is 5.73 Å². The Morgan fingerprint density at radius 1 is 1.24 bits per heavy atom. The summed E-state index contributed by atoms with van der Waals surface area (Å²) in [5.41, 5.74) is 6.39. The van der Waals surface area contributed by atoms with Crippen molar-refractivity contribution in [1.29, 1.82) is 0 Å². The first kappa shape index (κ1) is 11.6. The first-order valence-electron chi connectivity index (χ1n) is 5.58. The summed E-state index contributed by atoms with van der Waals surface area (Å²) in [5.74, 6) is -0.190. The molecule has 1 aliphatic rings. The van der Waals surface area contributed by atoms with Crippen molar-refractivity contribution >= 4 is 11.9 Å². The van der Waals surface area contributed by atoms with Crippen LogP contribution in [-0.4, -0.2) is 36.0 Å². The average Bonchev–Trinajstić information content (AvgIpc) is 2.59. The number of benzene rings is 1. The van der Waals surface area contributed by atoms with Crippen LogP contribution in [0.25, 0.3) is 0 Å². The van der Waals surface area contributed by atoms with Crippen LogP contribution in [0.1, 0.15) is 5.56 Å². The number of carbonyl (C=O) groups is 2. The summed E-state index contributed by atoms with van der Waals surface area (Å²) >= 11 is 0. The van der Waals surface area contributed by atoms with E-state index in [2.05, 4.69) is 5.32 Å². The maximum absolute atomic E-state index is 11.9. The standard InChI is InChI=1S/C12H15N3O2/c13-6-7-15-11(16)10(14-12(15)17)8-9-4-2-1-3-5-9/h1-5,10H,6-8,13H2,(H,14,17). The summed E-state index contributed by atoms with van der Waals surface area (Å²) in [6.07, 6.45) is 0.520.